The second-order valence-corrected chi connectivity index (χ2v) is 6.32. The van der Waals surface area contributed by atoms with E-state index in [1.807, 2.05) is 68.4 Å². The Morgan fingerprint density at radius 2 is 1.84 bits per heavy atom. The molecule has 0 atom stereocenters. The molecule has 0 aliphatic rings. The third-order valence-electron chi connectivity index (χ3n) is 3.38. The lowest BCUT2D eigenvalue weighted by atomic mass is 10.3. The molecule has 0 saturated carbocycles. The number of hydrogen-bond donors (Lipinski definition) is 2. The first kappa shape index (κ1) is 17.2. The van der Waals surface area contributed by atoms with Gasteiger partial charge in [-0.05, 0) is 44.2 Å². The topological polar surface area (TPSA) is 59.1 Å². The van der Waals surface area contributed by atoms with E-state index in [0.717, 1.165) is 33.1 Å². The summed E-state index contributed by atoms with van der Waals surface area (Å²) < 4.78 is 6.65. The SMILES string of the molecule is CCOc1ccccc1Nc1nc(C)cc(Nc2cccc(Br)c2)n1. The van der Waals surface area contributed by atoms with Gasteiger partial charge in [0, 0.05) is 21.9 Å². The van der Waals surface area contributed by atoms with Crippen molar-refractivity contribution in [3.63, 3.8) is 0 Å². The van der Waals surface area contributed by atoms with Gasteiger partial charge < -0.3 is 15.4 Å². The lowest BCUT2D eigenvalue weighted by Crippen LogP contribution is -2.04. The summed E-state index contributed by atoms with van der Waals surface area (Å²) in [7, 11) is 0. The molecule has 0 aliphatic heterocycles. The molecule has 0 spiro atoms. The van der Waals surface area contributed by atoms with Crippen LogP contribution >= 0.6 is 15.9 Å². The van der Waals surface area contributed by atoms with Crippen LogP contribution in [0, 0.1) is 6.92 Å². The molecule has 0 amide bonds. The Morgan fingerprint density at radius 3 is 2.64 bits per heavy atom. The highest BCUT2D eigenvalue weighted by molar-refractivity contribution is 9.10. The van der Waals surface area contributed by atoms with Gasteiger partial charge in [-0.1, -0.05) is 34.1 Å². The second-order valence-electron chi connectivity index (χ2n) is 5.41. The molecule has 0 fully saturated rings. The maximum atomic E-state index is 5.64. The van der Waals surface area contributed by atoms with Gasteiger partial charge in [-0.15, -0.1) is 0 Å². The number of para-hydroxylation sites is 2. The zero-order valence-electron chi connectivity index (χ0n) is 14.1. The number of nitrogens with one attached hydrogen (secondary N) is 2. The molecule has 2 aromatic carbocycles. The van der Waals surface area contributed by atoms with Gasteiger partial charge in [0.1, 0.15) is 11.6 Å². The van der Waals surface area contributed by atoms with Gasteiger partial charge in [0.05, 0.1) is 12.3 Å². The van der Waals surface area contributed by atoms with Crippen molar-refractivity contribution < 1.29 is 4.74 Å². The predicted molar refractivity (Wildman–Crippen MR) is 105 cm³/mol. The Kier molecular flexibility index (Phi) is 5.50. The van der Waals surface area contributed by atoms with Crippen LogP contribution in [0.15, 0.2) is 59.1 Å². The first-order valence-corrected chi connectivity index (χ1v) is 8.80. The third kappa shape index (κ3) is 4.70. The van der Waals surface area contributed by atoms with Crippen LogP contribution in [0.25, 0.3) is 0 Å². The number of rotatable bonds is 6. The van der Waals surface area contributed by atoms with Crippen LogP contribution in [-0.4, -0.2) is 16.6 Å². The van der Waals surface area contributed by atoms with E-state index in [2.05, 4.69) is 36.5 Å². The Bertz CT molecular complexity index is 870. The van der Waals surface area contributed by atoms with Crippen molar-refractivity contribution >= 4 is 39.1 Å². The molecule has 0 saturated heterocycles. The summed E-state index contributed by atoms with van der Waals surface area (Å²) in [5.74, 6) is 2.02. The van der Waals surface area contributed by atoms with Crippen LogP contribution < -0.4 is 15.4 Å². The molecule has 3 aromatic rings. The average molecular weight is 399 g/mol. The van der Waals surface area contributed by atoms with E-state index in [-0.39, 0.29) is 0 Å². The van der Waals surface area contributed by atoms with Gasteiger partial charge >= 0.3 is 0 Å². The zero-order valence-corrected chi connectivity index (χ0v) is 15.7. The molecule has 5 nitrogen and oxygen atoms in total. The maximum absolute atomic E-state index is 5.64. The van der Waals surface area contributed by atoms with Crippen LogP contribution in [0.5, 0.6) is 5.75 Å². The number of halogens is 1. The monoisotopic (exact) mass is 398 g/mol. The number of aryl methyl sites for hydroxylation is 1. The molecule has 0 bridgehead atoms. The number of hydrogen-bond acceptors (Lipinski definition) is 5. The van der Waals surface area contributed by atoms with Gasteiger partial charge in [0.2, 0.25) is 5.95 Å². The largest absolute Gasteiger partial charge is 0.492 e. The fourth-order valence-electron chi connectivity index (χ4n) is 2.37. The molecular formula is C19H19BrN4O. The standard InChI is InChI=1S/C19H19BrN4O/c1-3-25-17-10-5-4-9-16(17)23-19-21-13(2)11-18(24-19)22-15-8-6-7-14(20)12-15/h4-12H,3H2,1-2H3,(H2,21,22,23,24). The lowest BCUT2D eigenvalue weighted by Gasteiger charge is -2.13. The van der Waals surface area contributed by atoms with E-state index < -0.39 is 0 Å². The molecule has 0 unspecified atom stereocenters. The van der Waals surface area contributed by atoms with Gasteiger partial charge in [-0.25, -0.2) is 4.98 Å². The van der Waals surface area contributed by atoms with Crippen molar-refractivity contribution in [3.05, 3.63) is 64.8 Å². The summed E-state index contributed by atoms with van der Waals surface area (Å²) in [5.41, 5.74) is 2.65. The van der Waals surface area contributed by atoms with Crippen molar-refractivity contribution in [2.75, 3.05) is 17.2 Å². The summed E-state index contributed by atoms with van der Waals surface area (Å²) in [4.78, 5) is 9.01. The summed E-state index contributed by atoms with van der Waals surface area (Å²) >= 11 is 3.47. The smallest absolute Gasteiger partial charge is 0.229 e. The molecular weight excluding hydrogens is 380 g/mol. The zero-order chi connectivity index (χ0) is 17.6. The number of benzene rings is 2. The molecule has 2 N–H and O–H groups in total. The predicted octanol–water partition coefficient (Wildman–Crippen LogP) is 5.43. The van der Waals surface area contributed by atoms with E-state index >= 15 is 0 Å². The first-order valence-electron chi connectivity index (χ1n) is 8.01. The van der Waals surface area contributed by atoms with Crippen molar-refractivity contribution in [1.29, 1.82) is 0 Å². The highest BCUT2D eigenvalue weighted by Gasteiger charge is 2.07. The summed E-state index contributed by atoms with van der Waals surface area (Å²) in [6.45, 7) is 4.50. The number of anilines is 4. The Hall–Kier alpha value is -2.60. The highest BCUT2D eigenvalue weighted by Crippen LogP contribution is 2.27. The minimum Gasteiger partial charge on any atom is -0.492 e. The van der Waals surface area contributed by atoms with Gasteiger partial charge in [-0.3, -0.25) is 0 Å². The van der Waals surface area contributed by atoms with Crippen LogP contribution in [0.3, 0.4) is 0 Å². The highest BCUT2D eigenvalue weighted by atomic mass is 79.9. The summed E-state index contributed by atoms with van der Waals surface area (Å²) in [5, 5.41) is 6.54. The molecule has 1 aromatic heterocycles. The van der Waals surface area contributed by atoms with Gasteiger partial charge in [-0.2, -0.15) is 4.98 Å². The summed E-state index contributed by atoms with van der Waals surface area (Å²) in [6, 6.07) is 17.6. The number of ether oxygens (including phenoxy) is 1. The van der Waals surface area contributed by atoms with Crippen molar-refractivity contribution in [2.45, 2.75) is 13.8 Å². The molecule has 0 radical (unpaired) electrons. The van der Waals surface area contributed by atoms with Crippen LogP contribution in [0.2, 0.25) is 0 Å². The quantitative estimate of drug-likeness (QED) is 0.579. The minimum absolute atomic E-state index is 0.518. The fraction of sp³-hybridized carbons (Fsp3) is 0.158. The number of nitrogens with zero attached hydrogens (tertiary/aromatic N) is 2. The van der Waals surface area contributed by atoms with Gasteiger partial charge in [0.15, 0.2) is 0 Å². The molecule has 1 heterocycles. The van der Waals surface area contributed by atoms with E-state index in [1.165, 1.54) is 0 Å². The Morgan fingerprint density at radius 1 is 1.00 bits per heavy atom. The van der Waals surface area contributed by atoms with Crippen molar-refractivity contribution in [2.24, 2.45) is 0 Å². The van der Waals surface area contributed by atoms with E-state index in [1.54, 1.807) is 0 Å². The maximum Gasteiger partial charge on any atom is 0.229 e. The van der Waals surface area contributed by atoms with Gasteiger partial charge in [0.25, 0.3) is 0 Å². The second kappa shape index (κ2) is 7.98. The Balaban J connectivity index is 1.85. The fourth-order valence-corrected chi connectivity index (χ4v) is 2.77. The Labute approximate surface area is 155 Å². The van der Waals surface area contributed by atoms with Crippen molar-refractivity contribution in [3.8, 4) is 5.75 Å². The van der Waals surface area contributed by atoms with E-state index in [9.17, 15) is 0 Å². The first-order chi connectivity index (χ1) is 12.1. The average Bonchev–Trinajstić information content (AvgIpc) is 2.56. The van der Waals surface area contributed by atoms with E-state index in [4.69, 9.17) is 4.74 Å². The summed E-state index contributed by atoms with van der Waals surface area (Å²) in [6.07, 6.45) is 0. The molecule has 128 valence electrons. The molecule has 0 aliphatic carbocycles. The van der Waals surface area contributed by atoms with Crippen LogP contribution in [-0.2, 0) is 0 Å². The normalized spacial score (nSPS) is 10.4. The van der Waals surface area contributed by atoms with E-state index in [0.29, 0.717) is 12.6 Å². The molecule has 6 heteroatoms. The molecule has 3 rings (SSSR count). The number of aromatic nitrogens is 2. The molecule has 25 heavy (non-hydrogen) atoms. The van der Waals surface area contributed by atoms with Crippen molar-refractivity contribution in [1.82, 2.24) is 9.97 Å². The lowest BCUT2D eigenvalue weighted by molar-refractivity contribution is 0.342. The minimum atomic E-state index is 0.518. The van der Waals surface area contributed by atoms with Crippen LogP contribution in [0.4, 0.5) is 23.1 Å². The van der Waals surface area contributed by atoms with Crippen LogP contribution in [0.1, 0.15) is 12.6 Å². The third-order valence-corrected chi connectivity index (χ3v) is 3.88.